The van der Waals surface area contributed by atoms with Crippen LogP contribution in [-0.4, -0.2) is 67.2 Å². The number of carbonyl (C=O) groups is 1. The topological polar surface area (TPSA) is 66.6 Å². The fourth-order valence-electron chi connectivity index (χ4n) is 7.18. The smallest absolute Gasteiger partial charge is 0.223 e. The Morgan fingerprint density at radius 3 is 3.00 bits per heavy atom. The summed E-state index contributed by atoms with van der Waals surface area (Å²) in [4.78, 5) is 18.5. The molecule has 1 amide bonds. The Labute approximate surface area is 189 Å². The molecule has 0 spiro atoms. The van der Waals surface area contributed by atoms with Crippen LogP contribution in [0.1, 0.15) is 61.8 Å². The predicted molar refractivity (Wildman–Crippen MR) is 122 cm³/mol. The Morgan fingerprint density at radius 2 is 2.09 bits per heavy atom. The van der Waals surface area contributed by atoms with Crippen molar-refractivity contribution < 1.29 is 4.79 Å². The fraction of sp³-hybridized carbons (Fsp3) is 0.680. The van der Waals surface area contributed by atoms with E-state index in [1.54, 1.807) is 16.4 Å². The van der Waals surface area contributed by atoms with Crippen LogP contribution in [0.4, 0.5) is 0 Å². The minimum absolute atomic E-state index is 0.306. The van der Waals surface area contributed by atoms with Gasteiger partial charge in [0.1, 0.15) is 6.33 Å². The number of aryl methyl sites for hydroxylation is 2. The van der Waals surface area contributed by atoms with E-state index in [1.165, 1.54) is 45.2 Å². The number of piperidine rings is 3. The van der Waals surface area contributed by atoms with E-state index in [0.717, 1.165) is 47.9 Å². The minimum Gasteiger partial charge on any atom is -0.336 e. The molecule has 5 heterocycles. The van der Waals surface area contributed by atoms with Gasteiger partial charge < -0.3 is 4.90 Å². The molecular weight excluding hydrogens is 400 g/mol. The number of fused-ring (bicyclic) bond motifs is 7. The van der Waals surface area contributed by atoms with Gasteiger partial charge >= 0.3 is 0 Å². The average molecular weight is 435 g/mol. The first kappa shape index (κ1) is 20.3. The molecule has 3 aliphatic heterocycles. The number of rotatable bonds is 3. The van der Waals surface area contributed by atoms with Crippen molar-refractivity contribution in [3.05, 3.63) is 34.8 Å². The summed E-state index contributed by atoms with van der Waals surface area (Å²) in [7, 11) is 0. The van der Waals surface area contributed by atoms with E-state index in [-0.39, 0.29) is 0 Å². The second kappa shape index (κ2) is 7.94. The summed E-state index contributed by atoms with van der Waals surface area (Å²) in [6.07, 6.45) is 13.1. The van der Waals surface area contributed by atoms with E-state index in [0.29, 0.717) is 30.2 Å². The molecule has 2 aromatic heterocycles. The van der Waals surface area contributed by atoms with Crippen LogP contribution in [0.5, 0.6) is 0 Å². The summed E-state index contributed by atoms with van der Waals surface area (Å²) in [5.74, 6) is 1.62. The number of hydrogen-bond donors (Lipinski definition) is 0. The lowest BCUT2D eigenvalue weighted by Gasteiger charge is -2.54. The fourth-order valence-corrected chi connectivity index (χ4v) is 7.18. The molecule has 0 aromatic carbocycles. The molecule has 7 heteroatoms. The molecular formula is C25H34N6O. The quantitative estimate of drug-likeness (QED) is 0.695. The molecule has 170 valence electrons. The Bertz CT molecular complexity index is 1070. The van der Waals surface area contributed by atoms with Crippen molar-refractivity contribution in [3.8, 4) is 0 Å². The highest BCUT2D eigenvalue weighted by molar-refractivity contribution is 5.78. The SMILES string of the molecule is Cc1nn2cnnc2c(C)c1CCC(=O)N1CCCC2=C[C@H]3C[C@@H](CN4CCCC[C@H]34)[C@@H]21. The zero-order chi connectivity index (χ0) is 21.8. The summed E-state index contributed by atoms with van der Waals surface area (Å²) >= 11 is 0. The largest absolute Gasteiger partial charge is 0.336 e. The van der Waals surface area contributed by atoms with Gasteiger partial charge in [-0.3, -0.25) is 9.69 Å². The first-order valence-electron chi connectivity index (χ1n) is 12.5. The van der Waals surface area contributed by atoms with Gasteiger partial charge in [-0.1, -0.05) is 18.1 Å². The number of likely N-dealkylation sites (tertiary alicyclic amines) is 1. The Hall–Kier alpha value is -2.28. The molecule has 2 bridgehead atoms. The molecule has 0 unspecified atom stereocenters. The summed E-state index contributed by atoms with van der Waals surface area (Å²) in [5, 5.41) is 12.8. The van der Waals surface area contributed by atoms with Gasteiger partial charge in [0, 0.05) is 31.1 Å². The van der Waals surface area contributed by atoms with Crippen molar-refractivity contribution in [3.63, 3.8) is 0 Å². The third-order valence-electron chi connectivity index (χ3n) is 8.58. The van der Waals surface area contributed by atoms with Crippen LogP contribution < -0.4 is 0 Å². The van der Waals surface area contributed by atoms with Crippen LogP contribution in [0.3, 0.4) is 0 Å². The molecule has 1 aliphatic carbocycles. The van der Waals surface area contributed by atoms with Gasteiger partial charge in [0.05, 0.1) is 11.7 Å². The van der Waals surface area contributed by atoms with Crippen molar-refractivity contribution in [2.24, 2.45) is 11.8 Å². The molecule has 7 nitrogen and oxygen atoms in total. The highest BCUT2D eigenvalue weighted by Crippen LogP contribution is 2.45. The average Bonchev–Trinajstić information content (AvgIpc) is 3.27. The summed E-state index contributed by atoms with van der Waals surface area (Å²) in [5.41, 5.74) is 5.55. The zero-order valence-corrected chi connectivity index (χ0v) is 19.3. The van der Waals surface area contributed by atoms with Gasteiger partial charge in [-0.05, 0) is 76.3 Å². The third kappa shape index (κ3) is 3.28. The van der Waals surface area contributed by atoms with E-state index < -0.39 is 0 Å². The first-order chi connectivity index (χ1) is 15.6. The van der Waals surface area contributed by atoms with Crippen molar-refractivity contribution >= 4 is 11.6 Å². The molecule has 2 aromatic rings. The summed E-state index contributed by atoms with van der Waals surface area (Å²) < 4.78 is 1.73. The van der Waals surface area contributed by atoms with Crippen molar-refractivity contribution in [1.82, 2.24) is 29.6 Å². The van der Waals surface area contributed by atoms with Crippen LogP contribution in [-0.2, 0) is 11.2 Å². The second-order valence-electron chi connectivity index (χ2n) is 10.4. The van der Waals surface area contributed by atoms with Crippen LogP contribution in [0, 0.1) is 25.7 Å². The number of nitrogens with zero attached hydrogens (tertiary/aromatic N) is 6. The maximum absolute atomic E-state index is 13.5. The molecule has 3 fully saturated rings. The summed E-state index contributed by atoms with van der Waals surface area (Å²) in [6, 6.07) is 1.08. The van der Waals surface area contributed by atoms with E-state index in [1.807, 2.05) is 6.92 Å². The van der Waals surface area contributed by atoms with Crippen LogP contribution in [0.2, 0.25) is 0 Å². The molecule has 3 saturated heterocycles. The number of hydrogen-bond acceptors (Lipinski definition) is 5. The van der Waals surface area contributed by atoms with Gasteiger partial charge in [0.25, 0.3) is 0 Å². The van der Waals surface area contributed by atoms with E-state index >= 15 is 0 Å². The van der Waals surface area contributed by atoms with Crippen LogP contribution in [0.15, 0.2) is 18.0 Å². The van der Waals surface area contributed by atoms with Crippen molar-refractivity contribution in [2.75, 3.05) is 19.6 Å². The predicted octanol–water partition coefficient (Wildman–Crippen LogP) is 3.10. The Kier molecular flexibility index (Phi) is 5.05. The molecule has 0 N–H and O–H groups in total. The van der Waals surface area contributed by atoms with E-state index in [4.69, 9.17) is 0 Å². The molecule has 0 saturated carbocycles. The van der Waals surface area contributed by atoms with E-state index in [9.17, 15) is 4.79 Å². The van der Waals surface area contributed by atoms with Gasteiger partial charge in [0.15, 0.2) is 5.65 Å². The second-order valence-corrected chi connectivity index (χ2v) is 10.4. The van der Waals surface area contributed by atoms with Crippen molar-refractivity contribution in [2.45, 2.75) is 77.3 Å². The normalized spacial score (nSPS) is 30.1. The van der Waals surface area contributed by atoms with Gasteiger partial charge in [0.2, 0.25) is 5.91 Å². The lowest BCUT2D eigenvalue weighted by Crippen LogP contribution is -2.60. The lowest BCUT2D eigenvalue weighted by atomic mass is 9.68. The molecule has 0 radical (unpaired) electrons. The van der Waals surface area contributed by atoms with Crippen LogP contribution >= 0.6 is 0 Å². The lowest BCUT2D eigenvalue weighted by molar-refractivity contribution is -0.136. The number of carbonyl (C=O) groups excluding carboxylic acids is 1. The standard InChI is InChI=1S/C25H34N6O/c1-16-21(17(2)28-31-15-26-27-25(16)31)8-9-23(32)30-11-5-6-18-12-19-13-20(24(18)30)14-29-10-4-3-7-22(19)29/h12,15,19-20,22,24H,3-11,13-14H2,1-2H3/t19-,20-,22+,24+/m0/s1. The number of aromatic nitrogens is 4. The van der Waals surface area contributed by atoms with Crippen molar-refractivity contribution in [1.29, 1.82) is 0 Å². The molecule has 4 aliphatic rings. The Balaban J connectivity index is 1.21. The van der Waals surface area contributed by atoms with Gasteiger partial charge in [-0.15, -0.1) is 10.2 Å². The molecule has 6 rings (SSSR count). The number of amides is 1. The van der Waals surface area contributed by atoms with Gasteiger partial charge in [-0.25, -0.2) is 4.52 Å². The Morgan fingerprint density at radius 1 is 1.19 bits per heavy atom. The molecule has 4 atom stereocenters. The third-order valence-corrected chi connectivity index (χ3v) is 8.58. The van der Waals surface area contributed by atoms with Gasteiger partial charge in [-0.2, -0.15) is 5.10 Å². The zero-order valence-electron chi connectivity index (χ0n) is 19.3. The first-order valence-corrected chi connectivity index (χ1v) is 12.5. The highest BCUT2D eigenvalue weighted by atomic mass is 16.2. The molecule has 32 heavy (non-hydrogen) atoms. The van der Waals surface area contributed by atoms with E-state index in [2.05, 4.69) is 38.1 Å². The van der Waals surface area contributed by atoms with Crippen LogP contribution in [0.25, 0.3) is 5.65 Å². The maximum Gasteiger partial charge on any atom is 0.223 e. The highest BCUT2D eigenvalue weighted by Gasteiger charge is 2.46. The monoisotopic (exact) mass is 434 g/mol. The minimum atomic E-state index is 0.306. The summed E-state index contributed by atoms with van der Waals surface area (Å²) in [6.45, 7) is 7.42. The maximum atomic E-state index is 13.5.